The molecule has 5 aliphatic carbocycles. The van der Waals surface area contributed by atoms with Crippen molar-refractivity contribution in [1.82, 2.24) is 14.7 Å². The Labute approximate surface area is 333 Å². The Bertz CT molecular complexity index is 1470. The quantitative estimate of drug-likeness (QED) is 0.287. The Hall–Kier alpha value is -0.970. The van der Waals surface area contributed by atoms with Crippen molar-refractivity contribution >= 4 is 6.09 Å². The van der Waals surface area contributed by atoms with E-state index in [9.17, 15) is 9.90 Å². The Morgan fingerprint density at radius 1 is 0.945 bits per heavy atom. The zero-order valence-electron chi connectivity index (χ0n) is 36.3. The van der Waals surface area contributed by atoms with Crippen molar-refractivity contribution in [3.63, 3.8) is 0 Å². The van der Waals surface area contributed by atoms with Crippen LogP contribution >= 0.6 is 0 Å². The van der Waals surface area contributed by atoms with Crippen molar-refractivity contribution in [1.29, 1.82) is 0 Å². The fraction of sp³-hybridized carbons (Fsp3) is 0.978. The van der Waals surface area contributed by atoms with Crippen molar-refractivity contribution in [2.24, 2.45) is 62.1 Å². The fourth-order valence-corrected chi connectivity index (χ4v) is 15.9. The number of carbonyl (C=O) groups is 1. The van der Waals surface area contributed by atoms with Crippen LogP contribution < -0.4 is 0 Å². The molecule has 9 aliphatic rings. The van der Waals surface area contributed by atoms with E-state index >= 15 is 0 Å². The van der Waals surface area contributed by atoms with E-state index in [1.165, 1.54) is 51.6 Å². The van der Waals surface area contributed by atoms with Crippen LogP contribution in [-0.2, 0) is 18.9 Å². The lowest BCUT2D eigenvalue weighted by atomic mass is 9.41. The molecule has 9 rings (SSSR count). The van der Waals surface area contributed by atoms with E-state index in [1.807, 2.05) is 4.90 Å². The molecule has 9 nitrogen and oxygen atoms in total. The number of nitrogens with zero attached hydrogens (tertiary/aromatic N) is 3. The molecule has 4 aliphatic heterocycles. The van der Waals surface area contributed by atoms with Gasteiger partial charge in [0, 0.05) is 57.3 Å². The molecule has 5 saturated carbocycles. The molecule has 0 radical (unpaired) electrons. The number of aliphatic hydroxyl groups excluding tert-OH is 1. The van der Waals surface area contributed by atoms with Gasteiger partial charge in [0.15, 0.2) is 6.29 Å². The summed E-state index contributed by atoms with van der Waals surface area (Å²) >= 11 is 0. The third kappa shape index (κ3) is 5.82. The molecule has 0 aromatic carbocycles. The van der Waals surface area contributed by atoms with Crippen LogP contribution in [0.2, 0.25) is 0 Å². The molecular weight excluding hydrogens is 691 g/mol. The van der Waals surface area contributed by atoms with E-state index in [2.05, 4.69) is 79.0 Å². The number of aliphatic hydroxyl groups is 1. The highest BCUT2D eigenvalue weighted by Gasteiger charge is 2.84. The maximum atomic E-state index is 13.0. The van der Waals surface area contributed by atoms with E-state index in [-0.39, 0.29) is 59.0 Å². The molecule has 1 N–H and O–H groups in total. The third-order valence-corrected chi connectivity index (χ3v) is 18.7. The smallest absolute Gasteiger partial charge is 0.410 e. The summed E-state index contributed by atoms with van der Waals surface area (Å²) in [6, 6.07) is 0.623. The minimum absolute atomic E-state index is 0.0138. The predicted octanol–water partition coefficient (Wildman–Crippen LogP) is 7.44. The summed E-state index contributed by atoms with van der Waals surface area (Å²) in [5.41, 5.74) is 0.877. The van der Waals surface area contributed by atoms with Crippen LogP contribution in [0.4, 0.5) is 4.79 Å². The number of likely N-dealkylation sites (tertiary alicyclic amines) is 2. The zero-order chi connectivity index (χ0) is 39.1. The largest absolute Gasteiger partial charge is 0.443 e. The van der Waals surface area contributed by atoms with Crippen LogP contribution in [0.3, 0.4) is 0 Å². The van der Waals surface area contributed by atoms with Gasteiger partial charge >= 0.3 is 6.09 Å². The van der Waals surface area contributed by atoms with Crippen LogP contribution in [0, 0.1) is 62.1 Å². The predicted molar refractivity (Wildman–Crippen MR) is 213 cm³/mol. The third-order valence-electron chi connectivity index (χ3n) is 18.7. The summed E-state index contributed by atoms with van der Waals surface area (Å²) in [6.07, 6.45) is 9.11. The first-order valence-corrected chi connectivity index (χ1v) is 22.9. The second-order valence-corrected chi connectivity index (χ2v) is 23.3. The normalized spacial score (nSPS) is 48.7. The zero-order valence-corrected chi connectivity index (χ0v) is 36.3. The number of rotatable bonds is 7. The van der Waals surface area contributed by atoms with Crippen LogP contribution in [0.5, 0.6) is 0 Å². The minimum atomic E-state index is -0.515. The molecule has 0 bridgehead atoms. The highest BCUT2D eigenvalue weighted by atomic mass is 16.7. The second kappa shape index (κ2) is 13.3. The maximum Gasteiger partial charge on any atom is 0.410 e. The molecule has 14 atom stereocenters. The SMILES string of the molecule is CC(C)[C@@H](OC(=O)N1CCC1)[C@H]1C[C@@H](C)[C@H]2[C@H](O1)[C@H](O)[C@@]1(C)[C@@H]3CC[C@H]4C(C)(C)C(O[C@H]5CN(C6CN(CC(C)(C)C)C6)CCO5)CC[C@@]45C[C@@]35CC[C@]21C. The first-order valence-electron chi connectivity index (χ1n) is 22.9. The Morgan fingerprint density at radius 2 is 1.65 bits per heavy atom. The molecule has 312 valence electrons. The van der Waals surface area contributed by atoms with Gasteiger partial charge in [-0.25, -0.2) is 4.79 Å². The van der Waals surface area contributed by atoms with Gasteiger partial charge in [-0.3, -0.25) is 9.80 Å². The van der Waals surface area contributed by atoms with Crippen LogP contribution in [0.25, 0.3) is 0 Å². The van der Waals surface area contributed by atoms with E-state index in [0.29, 0.717) is 46.0 Å². The van der Waals surface area contributed by atoms with Crippen LogP contribution in [0.15, 0.2) is 0 Å². The van der Waals surface area contributed by atoms with Crippen molar-refractivity contribution < 1.29 is 28.8 Å². The first kappa shape index (κ1) is 39.5. The molecular formula is C46H77N3O6. The van der Waals surface area contributed by atoms with Gasteiger partial charge in [-0.2, -0.15) is 0 Å². The van der Waals surface area contributed by atoms with Crippen LogP contribution in [-0.4, -0.2) is 121 Å². The number of hydrogen-bond acceptors (Lipinski definition) is 8. The van der Waals surface area contributed by atoms with Crippen molar-refractivity contribution in [3.8, 4) is 0 Å². The number of morpholine rings is 1. The Kier molecular flexibility index (Phi) is 9.52. The summed E-state index contributed by atoms with van der Waals surface area (Å²) in [5, 5.41) is 12.8. The van der Waals surface area contributed by atoms with Crippen molar-refractivity contribution in [2.45, 2.75) is 170 Å². The average molecular weight is 768 g/mol. The van der Waals surface area contributed by atoms with Gasteiger partial charge in [-0.15, -0.1) is 0 Å². The number of amides is 1. The molecule has 1 amide bonds. The number of fused-ring (bicyclic) bond motifs is 4. The summed E-state index contributed by atoms with van der Waals surface area (Å²) in [7, 11) is 0. The molecule has 1 unspecified atom stereocenters. The Balaban J connectivity index is 0.887. The van der Waals surface area contributed by atoms with Crippen molar-refractivity contribution in [3.05, 3.63) is 0 Å². The molecule has 9 fully saturated rings. The fourth-order valence-electron chi connectivity index (χ4n) is 15.9. The van der Waals surface area contributed by atoms with E-state index in [4.69, 9.17) is 18.9 Å². The lowest BCUT2D eigenvalue weighted by Gasteiger charge is -2.64. The first-order chi connectivity index (χ1) is 25.8. The highest BCUT2D eigenvalue weighted by molar-refractivity contribution is 5.68. The summed E-state index contributed by atoms with van der Waals surface area (Å²) in [5.74, 6) is 1.98. The lowest BCUT2D eigenvalue weighted by molar-refractivity contribution is -0.253. The summed E-state index contributed by atoms with van der Waals surface area (Å²) in [4.78, 5) is 20.1. The average Bonchev–Trinajstić information content (AvgIpc) is 3.70. The Morgan fingerprint density at radius 3 is 2.33 bits per heavy atom. The second-order valence-electron chi connectivity index (χ2n) is 23.3. The molecule has 4 saturated heterocycles. The van der Waals surface area contributed by atoms with Gasteiger partial charge < -0.3 is 29.0 Å². The van der Waals surface area contributed by atoms with Crippen molar-refractivity contribution in [2.75, 3.05) is 52.4 Å². The highest BCUT2D eigenvalue weighted by Crippen LogP contribution is 2.89. The van der Waals surface area contributed by atoms with Gasteiger partial charge in [0.25, 0.3) is 0 Å². The summed E-state index contributed by atoms with van der Waals surface area (Å²) in [6.45, 7) is 31.5. The van der Waals surface area contributed by atoms with Gasteiger partial charge in [-0.05, 0) is 114 Å². The van der Waals surface area contributed by atoms with E-state index < -0.39 is 6.10 Å². The van der Waals surface area contributed by atoms with Gasteiger partial charge in [0.2, 0.25) is 0 Å². The maximum absolute atomic E-state index is 13.0. The number of hydrogen-bond donors (Lipinski definition) is 1. The number of carbonyl (C=O) groups excluding carboxylic acids is 1. The molecule has 0 aromatic heterocycles. The molecule has 2 spiro atoms. The molecule has 55 heavy (non-hydrogen) atoms. The van der Waals surface area contributed by atoms with Crippen LogP contribution in [0.1, 0.15) is 127 Å². The minimum Gasteiger partial charge on any atom is -0.443 e. The van der Waals surface area contributed by atoms with Gasteiger partial charge in [0.1, 0.15) is 6.10 Å². The van der Waals surface area contributed by atoms with E-state index in [0.717, 1.165) is 58.6 Å². The molecule has 9 heteroatoms. The molecule has 4 heterocycles. The number of ether oxygens (including phenoxy) is 4. The molecule has 0 aromatic rings. The monoisotopic (exact) mass is 768 g/mol. The van der Waals surface area contributed by atoms with Gasteiger partial charge in [0.05, 0.1) is 31.0 Å². The topological polar surface area (TPSA) is 83.9 Å². The summed E-state index contributed by atoms with van der Waals surface area (Å²) < 4.78 is 26.7. The standard InChI is InChI=1S/C46H77N3O6/c1-28(2)37(55-40(51)48-18-11-19-48)31-22-29(3)36-38(53-31)39(50)44(10)33-13-12-32-42(7,8)34(14-15-45(32)26-46(33,45)17-16-43(36,44)9)54-35-25-49(20-21-52-35)30-23-47(24-30)27-41(4,5)6/h28-39,50H,11-27H2,1-10H3/t29-,31-,32+,33+,34?,35+,36+,37-,38+,39+,43-,44-,45-,46+/m1/s1. The van der Waals surface area contributed by atoms with E-state index in [1.54, 1.807) is 0 Å². The van der Waals surface area contributed by atoms with Gasteiger partial charge in [-0.1, -0.05) is 69.2 Å². The lowest BCUT2D eigenvalue weighted by Crippen LogP contribution is -2.64.